The van der Waals surface area contributed by atoms with E-state index >= 15 is 0 Å². The first kappa shape index (κ1) is 60.4. The van der Waals surface area contributed by atoms with Gasteiger partial charge in [0.15, 0.2) is 0 Å². The van der Waals surface area contributed by atoms with Crippen molar-refractivity contribution in [2.24, 2.45) is 11.8 Å². The van der Waals surface area contributed by atoms with Crippen LogP contribution in [-0.4, -0.2) is 74.1 Å². The van der Waals surface area contributed by atoms with Crippen molar-refractivity contribution in [1.82, 2.24) is 9.80 Å². The van der Waals surface area contributed by atoms with Gasteiger partial charge in [-0.2, -0.15) is 0 Å². The Morgan fingerprint density at radius 1 is 0.371 bits per heavy atom. The molecule has 2 atom stereocenters. The molecule has 0 saturated heterocycles. The molecule has 0 aromatic heterocycles. The highest BCUT2D eigenvalue weighted by molar-refractivity contribution is 5.76. The van der Waals surface area contributed by atoms with Crippen molar-refractivity contribution < 1.29 is 23.9 Å². The number of carbonyl (C=O) groups is 3. The molecule has 0 radical (unpaired) electrons. The molecule has 0 aliphatic rings. The van der Waals surface area contributed by atoms with E-state index in [0.29, 0.717) is 56.3 Å². The van der Waals surface area contributed by atoms with Crippen LogP contribution < -0.4 is 0 Å². The van der Waals surface area contributed by atoms with Crippen LogP contribution in [0.3, 0.4) is 0 Å². The maximum atomic E-state index is 13.8. The Labute approximate surface area is 387 Å². The summed E-state index contributed by atoms with van der Waals surface area (Å²) in [4.78, 5) is 43.4. The number of esters is 2. The molecule has 0 N–H and O–H groups in total. The van der Waals surface area contributed by atoms with Gasteiger partial charge in [-0.3, -0.25) is 14.4 Å². The first-order chi connectivity index (χ1) is 30.2. The first-order valence-electron chi connectivity index (χ1n) is 27.5. The predicted molar refractivity (Wildman–Crippen MR) is 267 cm³/mol. The van der Waals surface area contributed by atoms with Crippen LogP contribution in [0.25, 0.3) is 0 Å². The summed E-state index contributed by atoms with van der Waals surface area (Å²) in [6, 6.07) is 0.320. The highest BCUT2D eigenvalue weighted by Crippen LogP contribution is 2.23. The average molecular weight is 877 g/mol. The lowest BCUT2D eigenvalue weighted by molar-refractivity contribution is -0.146. The van der Waals surface area contributed by atoms with E-state index in [1.165, 1.54) is 141 Å². The van der Waals surface area contributed by atoms with E-state index in [9.17, 15) is 14.4 Å². The van der Waals surface area contributed by atoms with Gasteiger partial charge >= 0.3 is 11.9 Å². The summed E-state index contributed by atoms with van der Waals surface area (Å²) in [5.41, 5.74) is 0. The molecule has 0 bridgehead atoms. The zero-order chi connectivity index (χ0) is 45.7. The number of hydrogen-bond acceptors (Lipinski definition) is 6. The van der Waals surface area contributed by atoms with Crippen molar-refractivity contribution in [3.8, 4) is 0 Å². The first-order valence-corrected chi connectivity index (χ1v) is 27.5. The lowest BCUT2D eigenvalue weighted by atomic mass is 9.96. The number of unbranched alkanes of at least 4 members (excludes halogenated alkanes) is 21. The van der Waals surface area contributed by atoms with Crippen LogP contribution >= 0.6 is 0 Å². The normalized spacial score (nSPS) is 13.0. The minimum atomic E-state index is -0.00816. The Balaban J connectivity index is 4.87. The molecule has 0 heterocycles. The standard InChI is InChI=1S/C55H108N2O5/c1-8-13-18-29-39-50(37-16-11-4)48-61-54(59)44-34-27-23-21-25-31-41-52(57(47-36-46-56(6)7)53(58)43-33-20-15-10-3)42-32-26-22-24-28-35-45-55(60)62-49-51(38-17-12-5)40-30-19-14-9-2/h50-52H,8-49H2,1-7H3. The van der Waals surface area contributed by atoms with E-state index in [2.05, 4.69) is 58.5 Å². The molecule has 0 aromatic carbocycles. The molecule has 0 fully saturated rings. The Morgan fingerprint density at radius 2 is 0.710 bits per heavy atom. The molecular formula is C55H108N2O5. The Kier molecular flexibility index (Phi) is 44.7. The second kappa shape index (κ2) is 45.9. The Bertz CT molecular complexity index is 933. The van der Waals surface area contributed by atoms with Gasteiger partial charge in [0.25, 0.3) is 0 Å². The minimum absolute atomic E-state index is 0.00816. The third-order valence-corrected chi connectivity index (χ3v) is 13.2. The number of nitrogens with zero attached hydrogens (tertiary/aromatic N) is 2. The number of rotatable bonds is 48. The smallest absolute Gasteiger partial charge is 0.305 e. The fraction of sp³-hybridized carbons (Fsp3) is 0.945. The van der Waals surface area contributed by atoms with Crippen molar-refractivity contribution in [1.29, 1.82) is 0 Å². The molecule has 0 saturated carbocycles. The van der Waals surface area contributed by atoms with Gasteiger partial charge in [0, 0.05) is 31.8 Å². The predicted octanol–water partition coefficient (Wildman–Crippen LogP) is 16.0. The van der Waals surface area contributed by atoms with Gasteiger partial charge < -0.3 is 19.3 Å². The van der Waals surface area contributed by atoms with E-state index in [0.717, 1.165) is 96.6 Å². The molecule has 0 aliphatic heterocycles. The van der Waals surface area contributed by atoms with Gasteiger partial charge in [0.05, 0.1) is 13.2 Å². The Hall–Kier alpha value is -1.63. The van der Waals surface area contributed by atoms with Crippen LogP contribution in [0.15, 0.2) is 0 Å². The van der Waals surface area contributed by atoms with Crippen LogP contribution in [0.5, 0.6) is 0 Å². The van der Waals surface area contributed by atoms with Gasteiger partial charge in [0.2, 0.25) is 5.91 Å². The maximum Gasteiger partial charge on any atom is 0.305 e. The van der Waals surface area contributed by atoms with Crippen LogP contribution in [0.2, 0.25) is 0 Å². The van der Waals surface area contributed by atoms with Gasteiger partial charge in [-0.05, 0) is 96.7 Å². The van der Waals surface area contributed by atoms with Gasteiger partial charge in [-0.25, -0.2) is 0 Å². The number of amides is 1. The van der Waals surface area contributed by atoms with Crippen molar-refractivity contribution in [2.75, 3.05) is 40.4 Å². The second-order valence-corrected chi connectivity index (χ2v) is 19.6. The topological polar surface area (TPSA) is 76.2 Å². The van der Waals surface area contributed by atoms with E-state index in [1.807, 2.05) is 0 Å². The van der Waals surface area contributed by atoms with Crippen molar-refractivity contribution in [3.63, 3.8) is 0 Å². The van der Waals surface area contributed by atoms with Crippen LogP contribution in [0, 0.1) is 11.8 Å². The van der Waals surface area contributed by atoms with E-state index in [4.69, 9.17) is 9.47 Å². The third-order valence-electron chi connectivity index (χ3n) is 13.2. The van der Waals surface area contributed by atoms with Crippen LogP contribution in [0.1, 0.15) is 279 Å². The second-order valence-electron chi connectivity index (χ2n) is 19.6. The quantitative estimate of drug-likeness (QED) is 0.0448. The lowest BCUT2D eigenvalue weighted by Crippen LogP contribution is -2.41. The summed E-state index contributed by atoms with van der Waals surface area (Å²) in [6.45, 7) is 14.3. The lowest BCUT2D eigenvalue weighted by Gasteiger charge is -2.33. The van der Waals surface area contributed by atoms with Crippen molar-refractivity contribution in [3.05, 3.63) is 0 Å². The monoisotopic (exact) mass is 877 g/mol. The summed E-state index contributed by atoms with van der Waals surface area (Å²) in [5.74, 6) is 1.40. The molecule has 62 heavy (non-hydrogen) atoms. The summed E-state index contributed by atoms with van der Waals surface area (Å²) in [7, 11) is 4.25. The zero-order valence-electron chi connectivity index (χ0n) is 42.9. The zero-order valence-corrected chi connectivity index (χ0v) is 42.9. The molecule has 1 amide bonds. The molecule has 2 unspecified atom stereocenters. The molecule has 0 spiro atoms. The van der Waals surface area contributed by atoms with Crippen molar-refractivity contribution in [2.45, 2.75) is 285 Å². The summed E-state index contributed by atoms with van der Waals surface area (Å²) in [5, 5.41) is 0. The van der Waals surface area contributed by atoms with E-state index in [-0.39, 0.29) is 11.9 Å². The third kappa shape index (κ3) is 38.8. The van der Waals surface area contributed by atoms with Crippen LogP contribution in [0.4, 0.5) is 0 Å². The summed E-state index contributed by atoms with van der Waals surface area (Å²) >= 11 is 0. The number of hydrogen-bond donors (Lipinski definition) is 0. The molecular weight excluding hydrogens is 769 g/mol. The number of carbonyl (C=O) groups excluding carboxylic acids is 3. The van der Waals surface area contributed by atoms with E-state index in [1.54, 1.807) is 0 Å². The molecule has 368 valence electrons. The molecule has 0 rings (SSSR count). The van der Waals surface area contributed by atoms with E-state index < -0.39 is 0 Å². The molecule has 7 nitrogen and oxygen atoms in total. The highest BCUT2D eigenvalue weighted by Gasteiger charge is 2.23. The van der Waals surface area contributed by atoms with Crippen LogP contribution in [-0.2, 0) is 23.9 Å². The molecule has 0 aliphatic carbocycles. The van der Waals surface area contributed by atoms with Gasteiger partial charge in [-0.1, -0.05) is 195 Å². The van der Waals surface area contributed by atoms with Crippen molar-refractivity contribution >= 4 is 17.8 Å². The fourth-order valence-electron chi connectivity index (χ4n) is 8.98. The SMILES string of the molecule is CCCCCCC(=O)N(CCCN(C)C)C(CCCCCCCCC(=O)OCC(CCCC)CCCCCC)CCCCCCCCC(=O)OCC(CCCC)CCCCCC. The molecule has 7 heteroatoms. The van der Waals surface area contributed by atoms with Gasteiger partial charge in [-0.15, -0.1) is 0 Å². The fourth-order valence-corrected chi connectivity index (χ4v) is 8.98. The Morgan fingerprint density at radius 3 is 1.13 bits per heavy atom. The minimum Gasteiger partial charge on any atom is -0.465 e. The average Bonchev–Trinajstić information content (AvgIpc) is 3.26. The largest absolute Gasteiger partial charge is 0.465 e. The number of ether oxygens (including phenoxy) is 2. The van der Waals surface area contributed by atoms with Gasteiger partial charge in [0.1, 0.15) is 0 Å². The molecule has 0 aromatic rings. The highest BCUT2D eigenvalue weighted by atomic mass is 16.5. The summed E-state index contributed by atoms with van der Waals surface area (Å²) in [6.07, 6.45) is 42.7. The maximum absolute atomic E-state index is 13.8. The summed E-state index contributed by atoms with van der Waals surface area (Å²) < 4.78 is 11.5.